The summed E-state index contributed by atoms with van der Waals surface area (Å²) in [5.41, 5.74) is 6.77. The molecule has 6 heteroatoms. The number of anilines is 2. The van der Waals surface area contributed by atoms with Gasteiger partial charge in [-0.1, -0.05) is 42.5 Å². The smallest absolute Gasteiger partial charge is 0.215 e. The first-order chi connectivity index (χ1) is 10.7. The van der Waals surface area contributed by atoms with Gasteiger partial charge in [-0.15, -0.1) is 0 Å². The fraction of sp³-hybridized carbons (Fsp3) is 0.312. The van der Waals surface area contributed by atoms with Gasteiger partial charge in [0.15, 0.2) is 0 Å². The Bertz CT molecular complexity index is 666. The number of allylic oxidation sites excluding steroid dienone is 1. The number of ketones is 1. The summed E-state index contributed by atoms with van der Waals surface area (Å²) in [4.78, 5) is 11.9. The molecule has 0 bridgehead atoms. The predicted octanol–water partition coefficient (Wildman–Crippen LogP) is 2.51. The lowest BCUT2D eigenvalue weighted by Crippen LogP contribution is -2.32. The number of nitrogens with two attached hydrogens (primary N) is 1. The van der Waals surface area contributed by atoms with Gasteiger partial charge in [0.05, 0.1) is 0 Å². The molecule has 0 spiro atoms. The molecule has 0 saturated heterocycles. The van der Waals surface area contributed by atoms with E-state index in [9.17, 15) is 4.79 Å². The van der Waals surface area contributed by atoms with Crippen LogP contribution in [-0.4, -0.2) is 22.1 Å². The van der Waals surface area contributed by atoms with Gasteiger partial charge in [-0.05, 0) is 28.2 Å². The molecule has 22 heavy (non-hydrogen) atoms. The van der Waals surface area contributed by atoms with Gasteiger partial charge < -0.3 is 11.1 Å². The third-order valence-electron chi connectivity index (χ3n) is 3.77. The summed E-state index contributed by atoms with van der Waals surface area (Å²) < 4.78 is 4.56. The molecule has 1 aromatic carbocycles. The second-order valence-electron chi connectivity index (χ2n) is 5.55. The average Bonchev–Trinajstić information content (AvgIpc) is 2.91. The van der Waals surface area contributed by atoms with Gasteiger partial charge in [-0.25, -0.2) is 4.63 Å². The van der Waals surface area contributed by atoms with E-state index in [-0.39, 0.29) is 23.6 Å². The highest BCUT2D eigenvalue weighted by atomic mass is 16.6. The zero-order chi connectivity index (χ0) is 15.4. The highest BCUT2D eigenvalue weighted by molar-refractivity contribution is 5.81. The van der Waals surface area contributed by atoms with Crippen molar-refractivity contribution in [2.75, 3.05) is 11.1 Å². The van der Waals surface area contributed by atoms with Crippen LogP contribution in [0.25, 0.3) is 6.08 Å². The van der Waals surface area contributed by atoms with Gasteiger partial charge in [0.25, 0.3) is 0 Å². The molecule has 114 valence electrons. The van der Waals surface area contributed by atoms with Gasteiger partial charge in [0.2, 0.25) is 11.6 Å². The van der Waals surface area contributed by atoms with E-state index in [1.807, 2.05) is 30.3 Å². The van der Waals surface area contributed by atoms with E-state index < -0.39 is 0 Å². The Kier molecular flexibility index (Phi) is 4.18. The summed E-state index contributed by atoms with van der Waals surface area (Å²) >= 11 is 0. The van der Waals surface area contributed by atoms with Crippen LogP contribution in [0.2, 0.25) is 0 Å². The van der Waals surface area contributed by atoms with Gasteiger partial charge in [-0.2, -0.15) is 0 Å². The van der Waals surface area contributed by atoms with E-state index in [0.717, 1.165) is 12.0 Å². The molecule has 1 aliphatic rings. The highest BCUT2D eigenvalue weighted by Gasteiger charge is 2.27. The molecule has 2 aromatic rings. The van der Waals surface area contributed by atoms with Crippen LogP contribution in [0, 0.1) is 5.92 Å². The lowest BCUT2D eigenvalue weighted by atomic mass is 9.84. The standard InChI is InChI=1S/C16H18N4O2/c17-15-16(20-22-19-15)18-13-8-12(9-14(21)10-13)7-6-11-4-2-1-3-5-11/h1-7,12-13H,8-10H2,(H2,17,19)(H,18,20)/b7-6+. The number of nitrogens with zero attached hydrogens (tertiary/aromatic N) is 2. The summed E-state index contributed by atoms with van der Waals surface area (Å²) in [6.07, 6.45) is 6.06. The number of Topliss-reactive ketones (excluding diaryl/α,β-unsaturated/α-hetero) is 1. The maximum absolute atomic E-state index is 11.9. The van der Waals surface area contributed by atoms with Crippen LogP contribution >= 0.6 is 0 Å². The minimum atomic E-state index is 0.000809. The number of hydrogen-bond donors (Lipinski definition) is 2. The van der Waals surface area contributed by atoms with Crippen molar-refractivity contribution in [3.8, 4) is 0 Å². The number of carbonyl (C=O) groups excluding carboxylic acids is 1. The van der Waals surface area contributed by atoms with Crippen LogP contribution in [0.5, 0.6) is 0 Å². The molecule has 3 N–H and O–H groups in total. The third kappa shape index (κ3) is 3.52. The minimum absolute atomic E-state index is 0.000809. The maximum Gasteiger partial charge on any atom is 0.215 e. The molecular formula is C16H18N4O2. The maximum atomic E-state index is 11.9. The second-order valence-corrected chi connectivity index (χ2v) is 5.55. The molecule has 1 aromatic heterocycles. The van der Waals surface area contributed by atoms with Crippen LogP contribution in [0.15, 0.2) is 41.0 Å². The fourth-order valence-corrected chi connectivity index (χ4v) is 2.74. The monoisotopic (exact) mass is 298 g/mol. The minimum Gasteiger partial charge on any atom is -0.378 e. The van der Waals surface area contributed by atoms with Crippen molar-refractivity contribution in [3.63, 3.8) is 0 Å². The van der Waals surface area contributed by atoms with E-state index in [2.05, 4.69) is 32.4 Å². The Morgan fingerprint density at radius 3 is 2.77 bits per heavy atom. The topological polar surface area (TPSA) is 94.0 Å². The first-order valence-corrected chi connectivity index (χ1v) is 7.30. The normalized spacial score (nSPS) is 22.1. The van der Waals surface area contributed by atoms with Crippen LogP contribution in [-0.2, 0) is 4.79 Å². The number of nitrogen functional groups attached to an aromatic ring is 1. The predicted molar refractivity (Wildman–Crippen MR) is 83.9 cm³/mol. The molecule has 1 aliphatic carbocycles. The summed E-state index contributed by atoms with van der Waals surface area (Å²) in [5, 5.41) is 10.4. The van der Waals surface area contributed by atoms with E-state index in [4.69, 9.17) is 5.73 Å². The largest absolute Gasteiger partial charge is 0.378 e. The zero-order valence-electron chi connectivity index (χ0n) is 12.1. The van der Waals surface area contributed by atoms with Crippen molar-refractivity contribution in [2.24, 2.45) is 5.92 Å². The Balaban J connectivity index is 1.65. The lowest BCUT2D eigenvalue weighted by molar-refractivity contribution is -0.121. The quantitative estimate of drug-likeness (QED) is 0.900. The van der Waals surface area contributed by atoms with Crippen LogP contribution < -0.4 is 11.1 Å². The third-order valence-corrected chi connectivity index (χ3v) is 3.77. The number of rotatable bonds is 4. The highest BCUT2D eigenvalue weighted by Crippen LogP contribution is 2.27. The number of aromatic nitrogens is 2. The Labute approximate surface area is 128 Å². The van der Waals surface area contributed by atoms with Crippen molar-refractivity contribution in [1.29, 1.82) is 0 Å². The molecule has 0 aliphatic heterocycles. The van der Waals surface area contributed by atoms with Crippen molar-refractivity contribution in [3.05, 3.63) is 42.0 Å². The molecular weight excluding hydrogens is 280 g/mol. The summed E-state index contributed by atoms with van der Waals surface area (Å²) in [5.74, 6) is 1.07. The Morgan fingerprint density at radius 2 is 2.05 bits per heavy atom. The zero-order valence-corrected chi connectivity index (χ0v) is 12.1. The van der Waals surface area contributed by atoms with Crippen molar-refractivity contribution < 1.29 is 9.42 Å². The van der Waals surface area contributed by atoms with E-state index >= 15 is 0 Å². The van der Waals surface area contributed by atoms with Crippen LogP contribution in [0.1, 0.15) is 24.8 Å². The summed E-state index contributed by atoms with van der Waals surface area (Å²) in [7, 11) is 0. The Morgan fingerprint density at radius 1 is 1.23 bits per heavy atom. The fourth-order valence-electron chi connectivity index (χ4n) is 2.74. The van der Waals surface area contributed by atoms with Crippen LogP contribution in [0.4, 0.5) is 11.6 Å². The molecule has 1 heterocycles. The summed E-state index contributed by atoms with van der Waals surface area (Å²) in [6, 6.07) is 10.1. The van der Waals surface area contributed by atoms with Gasteiger partial charge in [-0.3, -0.25) is 4.79 Å². The molecule has 1 saturated carbocycles. The van der Waals surface area contributed by atoms with Crippen molar-refractivity contribution >= 4 is 23.5 Å². The molecule has 3 rings (SSSR count). The van der Waals surface area contributed by atoms with Crippen LogP contribution in [0.3, 0.4) is 0 Å². The molecule has 0 amide bonds. The SMILES string of the molecule is Nc1nonc1NC1CC(=O)CC(/C=C/c2ccccc2)C1. The first-order valence-electron chi connectivity index (χ1n) is 7.30. The van der Waals surface area contributed by atoms with E-state index in [0.29, 0.717) is 18.7 Å². The first kappa shape index (κ1) is 14.3. The molecule has 6 nitrogen and oxygen atoms in total. The average molecular weight is 298 g/mol. The van der Waals surface area contributed by atoms with Gasteiger partial charge >= 0.3 is 0 Å². The second kappa shape index (κ2) is 6.43. The van der Waals surface area contributed by atoms with Gasteiger partial charge in [0.1, 0.15) is 5.78 Å². The Hall–Kier alpha value is -2.63. The molecule has 0 radical (unpaired) electrons. The van der Waals surface area contributed by atoms with E-state index in [1.165, 1.54) is 0 Å². The summed E-state index contributed by atoms with van der Waals surface area (Å²) in [6.45, 7) is 0. The number of benzene rings is 1. The number of carbonyl (C=O) groups is 1. The molecule has 2 atom stereocenters. The number of nitrogens with one attached hydrogen (secondary N) is 1. The van der Waals surface area contributed by atoms with E-state index in [1.54, 1.807) is 0 Å². The lowest BCUT2D eigenvalue weighted by Gasteiger charge is -2.27. The van der Waals surface area contributed by atoms with Crippen molar-refractivity contribution in [2.45, 2.75) is 25.3 Å². The van der Waals surface area contributed by atoms with Crippen molar-refractivity contribution in [1.82, 2.24) is 10.3 Å². The molecule has 1 fully saturated rings. The molecule has 2 unspecified atom stereocenters. The number of hydrogen-bond acceptors (Lipinski definition) is 6. The van der Waals surface area contributed by atoms with Gasteiger partial charge in [0, 0.05) is 18.9 Å².